The van der Waals surface area contributed by atoms with E-state index < -0.39 is 0 Å². The second-order valence-electron chi connectivity index (χ2n) is 4.07. The van der Waals surface area contributed by atoms with Crippen molar-refractivity contribution in [2.24, 2.45) is 0 Å². The standard InChI is InChI=1S/C15H15FIN/c1-2-18-15(11-6-5-7-12(17)10-11)13-8-3-4-9-14(13)16/h3-10,15,18H,2H2,1H3. The lowest BCUT2D eigenvalue weighted by Gasteiger charge is -2.19. The van der Waals surface area contributed by atoms with Crippen LogP contribution < -0.4 is 5.32 Å². The van der Waals surface area contributed by atoms with Gasteiger partial charge in [-0.2, -0.15) is 0 Å². The summed E-state index contributed by atoms with van der Waals surface area (Å²) < 4.78 is 15.1. The third-order valence-electron chi connectivity index (χ3n) is 2.81. The van der Waals surface area contributed by atoms with E-state index in [0.29, 0.717) is 5.56 Å². The monoisotopic (exact) mass is 355 g/mol. The molecule has 0 saturated carbocycles. The first-order chi connectivity index (χ1) is 8.72. The van der Waals surface area contributed by atoms with Gasteiger partial charge in [0.05, 0.1) is 6.04 Å². The van der Waals surface area contributed by atoms with E-state index in [4.69, 9.17) is 0 Å². The Kier molecular flexibility index (Phi) is 4.72. The van der Waals surface area contributed by atoms with Crippen LogP contribution in [0.4, 0.5) is 4.39 Å². The van der Waals surface area contributed by atoms with Gasteiger partial charge in [-0.25, -0.2) is 4.39 Å². The average molecular weight is 355 g/mol. The maximum Gasteiger partial charge on any atom is 0.128 e. The highest BCUT2D eigenvalue weighted by Crippen LogP contribution is 2.25. The summed E-state index contributed by atoms with van der Waals surface area (Å²) >= 11 is 2.27. The molecule has 2 aromatic carbocycles. The Balaban J connectivity index is 2.43. The molecule has 1 atom stereocenters. The molecule has 1 N–H and O–H groups in total. The van der Waals surface area contributed by atoms with Crippen LogP contribution in [0.2, 0.25) is 0 Å². The second kappa shape index (κ2) is 6.29. The fourth-order valence-electron chi connectivity index (χ4n) is 2.01. The largest absolute Gasteiger partial charge is 0.306 e. The number of nitrogens with one attached hydrogen (secondary N) is 1. The van der Waals surface area contributed by atoms with Gasteiger partial charge in [0.25, 0.3) is 0 Å². The van der Waals surface area contributed by atoms with Gasteiger partial charge in [0, 0.05) is 9.13 Å². The highest BCUT2D eigenvalue weighted by atomic mass is 127. The minimum Gasteiger partial charge on any atom is -0.306 e. The fraction of sp³-hybridized carbons (Fsp3) is 0.200. The first kappa shape index (κ1) is 13.5. The van der Waals surface area contributed by atoms with E-state index in [1.165, 1.54) is 6.07 Å². The molecular weight excluding hydrogens is 340 g/mol. The molecule has 0 aliphatic heterocycles. The Morgan fingerprint density at radius 1 is 1.17 bits per heavy atom. The third kappa shape index (κ3) is 3.09. The van der Waals surface area contributed by atoms with Crippen LogP contribution in [0.5, 0.6) is 0 Å². The number of benzene rings is 2. The van der Waals surface area contributed by atoms with Gasteiger partial charge in [-0.15, -0.1) is 0 Å². The molecule has 0 aliphatic rings. The van der Waals surface area contributed by atoms with Gasteiger partial charge >= 0.3 is 0 Å². The third-order valence-corrected chi connectivity index (χ3v) is 3.48. The summed E-state index contributed by atoms with van der Waals surface area (Å²) in [5.74, 6) is -0.165. The van der Waals surface area contributed by atoms with Crippen LogP contribution in [-0.4, -0.2) is 6.54 Å². The van der Waals surface area contributed by atoms with Crippen molar-refractivity contribution in [3.63, 3.8) is 0 Å². The van der Waals surface area contributed by atoms with E-state index in [1.807, 2.05) is 37.3 Å². The van der Waals surface area contributed by atoms with Crippen molar-refractivity contribution in [1.29, 1.82) is 0 Å². The van der Waals surface area contributed by atoms with E-state index in [1.54, 1.807) is 6.07 Å². The van der Waals surface area contributed by atoms with Crippen LogP contribution in [-0.2, 0) is 0 Å². The Hall–Kier alpha value is -0.940. The topological polar surface area (TPSA) is 12.0 Å². The lowest BCUT2D eigenvalue weighted by Crippen LogP contribution is -2.23. The fourth-order valence-corrected chi connectivity index (χ4v) is 2.57. The number of rotatable bonds is 4. The van der Waals surface area contributed by atoms with Crippen LogP contribution in [0.1, 0.15) is 24.1 Å². The highest BCUT2D eigenvalue weighted by molar-refractivity contribution is 14.1. The Morgan fingerprint density at radius 3 is 2.61 bits per heavy atom. The number of hydrogen-bond acceptors (Lipinski definition) is 1. The zero-order chi connectivity index (χ0) is 13.0. The average Bonchev–Trinajstić information content (AvgIpc) is 2.37. The number of halogens is 2. The lowest BCUT2D eigenvalue weighted by atomic mass is 9.98. The van der Waals surface area contributed by atoms with Crippen LogP contribution >= 0.6 is 22.6 Å². The Morgan fingerprint density at radius 2 is 1.94 bits per heavy atom. The van der Waals surface area contributed by atoms with Crippen molar-refractivity contribution in [2.75, 3.05) is 6.54 Å². The molecule has 3 heteroatoms. The summed E-state index contributed by atoms with van der Waals surface area (Å²) in [5.41, 5.74) is 1.79. The van der Waals surface area contributed by atoms with Crippen LogP contribution in [0.15, 0.2) is 48.5 Å². The molecule has 0 radical (unpaired) electrons. The summed E-state index contributed by atoms with van der Waals surface area (Å²) in [5, 5.41) is 3.34. The molecule has 0 aliphatic carbocycles. The first-order valence-corrected chi connectivity index (χ1v) is 7.03. The lowest BCUT2D eigenvalue weighted by molar-refractivity contribution is 0.559. The molecule has 94 valence electrons. The molecule has 1 nitrogen and oxygen atoms in total. The van der Waals surface area contributed by atoms with Crippen molar-refractivity contribution >= 4 is 22.6 Å². The molecule has 0 heterocycles. The Labute approximate surface area is 121 Å². The van der Waals surface area contributed by atoms with Crippen molar-refractivity contribution in [3.8, 4) is 0 Å². The van der Waals surface area contributed by atoms with Gasteiger partial charge in [-0.3, -0.25) is 0 Å². The molecule has 18 heavy (non-hydrogen) atoms. The van der Waals surface area contributed by atoms with Crippen LogP contribution in [0.3, 0.4) is 0 Å². The summed E-state index contributed by atoms with van der Waals surface area (Å²) in [6.07, 6.45) is 0. The zero-order valence-electron chi connectivity index (χ0n) is 10.2. The quantitative estimate of drug-likeness (QED) is 0.814. The van der Waals surface area contributed by atoms with E-state index in [-0.39, 0.29) is 11.9 Å². The Bertz CT molecular complexity index is 527. The van der Waals surface area contributed by atoms with E-state index in [9.17, 15) is 4.39 Å². The summed E-state index contributed by atoms with van der Waals surface area (Å²) in [4.78, 5) is 0. The van der Waals surface area contributed by atoms with Gasteiger partial charge in [0.15, 0.2) is 0 Å². The van der Waals surface area contributed by atoms with Crippen LogP contribution in [0.25, 0.3) is 0 Å². The molecule has 0 aromatic heterocycles. The molecule has 0 fully saturated rings. The first-order valence-electron chi connectivity index (χ1n) is 5.95. The van der Waals surface area contributed by atoms with Gasteiger partial charge in [-0.05, 0) is 52.9 Å². The van der Waals surface area contributed by atoms with Crippen molar-refractivity contribution < 1.29 is 4.39 Å². The summed E-state index contributed by atoms with van der Waals surface area (Å²) in [6.45, 7) is 2.83. The molecule has 1 unspecified atom stereocenters. The smallest absolute Gasteiger partial charge is 0.128 e. The number of hydrogen-bond donors (Lipinski definition) is 1. The maximum atomic E-state index is 13.9. The van der Waals surface area contributed by atoms with Crippen molar-refractivity contribution in [2.45, 2.75) is 13.0 Å². The normalized spacial score (nSPS) is 12.4. The van der Waals surface area contributed by atoms with Gasteiger partial charge < -0.3 is 5.32 Å². The predicted octanol–water partition coefficient (Wildman–Crippen LogP) is 4.13. The molecule has 2 aromatic rings. The van der Waals surface area contributed by atoms with Crippen molar-refractivity contribution in [1.82, 2.24) is 5.32 Å². The van der Waals surface area contributed by atoms with Gasteiger partial charge in [-0.1, -0.05) is 37.3 Å². The molecular formula is C15H15FIN. The maximum absolute atomic E-state index is 13.9. The minimum absolute atomic E-state index is 0.0917. The molecule has 0 bridgehead atoms. The van der Waals surface area contributed by atoms with E-state index in [0.717, 1.165) is 15.7 Å². The molecule has 0 amide bonds. The summed E-state index contributed by atoms with van der Waals surface area (Å²) in [6, 6.07) is 15.0. The molecule has 0 spiro atoms. The molecule has 2 rings (SSSR count). The van der Waals surface area contributed by atoms with Crippen molar-refractivity contribution in [3.05, 3.63) is 69.0 Å². The van der Waals surface area contributed by atoms with Gasteiger partial charge in [0.1, 0.15) is 5.82 Å². The summed E-state index contributed by atoms with van der Waals surface area (Å²) in [7, 11) is 0. The molecule has 0 saturated heterocycles. The SMILES string of the molecule is CCNC(c1cccc(I)c1)c1ccccc1F. The van der Waals surface area contributed by atoms with Gasteiger partial charge in [0.2, 0.25) is 0 Å². The predicted molar refractivity (Wildman–Crippen MR) is 81.1 cm³/mol. The zero-order valence-corrected chi connectivity index (χ0v) is 12.3. The second-order valence-corrected chi connectivity index (χ2v) is 5.31. The van der Waals surface area contributed by atoms with E-state index in [2.05, 4.69) is 34.0 Å². The van der Waals surface area contributed by atoms with E-state index >= 15 is 0 Å². The highest BCUT2D eigenvalue weighted by Gasteiger charge is 2.16. The minimum atomic E-state index is -0.165. The van der Waals surface area contributed by atoms with Crippen LogP contribution in [0, 0.1) is 9.39 Å².